The number of hydrogen-bond acceptors (Lipinski definition) is 5. The first-order valence-electron chi connectivity index (χ1n) is 7.22. The Morgan fingerprint density at radius 1 is 1.22 bits per heavy atom. The van der Waals surface area contributed by atoms with Crippen LogP contribution in [0.4, 0.5) is 0 Å². The zero-order valence-electron chi connectivity index (χ0n) is 13.3. The van der Waals surface area contributed by atoms with Gasteiger partial charge in [0, 0.05) is 24.6 Å². The fourth-order valence-electron chi connectivity index (χ4n) is 1.87. The number of aromatic nitrogens is 2. The first-order chi connectivity index (χ1) is 10.8. The minimum Gasteiger partial charge on any atom is -0.481 e. The molecule has 0 aliphatic carbocycles. The molecule has 7 heteroatoms. The molecule has 1 amide bonds. The van der Waals surface area contributed by atoms with E-state index in [1.165, 1.54) is 0 Å². The van der Waals surface area contributed by atoms with Crippen LogP contribution < -0.4 is 5.32 Å². The largest absolute Gasteiger partial charge is 0.481 e. The number of nitrogens with zero attached hydrogens (tertiary/aromatic N) is 2. The summed E-state index contributed by atoms with van der Waals surface area (Å²) >= 11 is 0. The summed E-state index contributed by atoms with van der Waals surface area (Å²) in [5.41, 5.74) is 0.347. The lowest BCUT2D eigenvalue weighted by atomic mass is 9.90. The molecule has 7 nitrogen and oxygen atoms in total. The maximum atomic E-state index is 12.0. The molecular formula is C16H19N3O4. The fraction of sp³-hybridized carbons (Fsp3) is 0.375. The molecule has 2 N–H and O–H groups in total. The molecule has 0 bridgehead atoms. The Morgan fingerprint density at radius 3 is 2.39 bits per heavy atom. The highest BCUT2D eigenvalue weighted by Crippen LogP contribution is 2.20. The monoisotopic (exact) mass is 317 g/mol. The molecule has 0 spiro atoms. The van der Waals surface area contributed by atoms with Crippen molar-refractivity contribution in [2.45, 2.75) is 27.2 Å². The van der Waals surface area contributed by atoms with Crippen molar-refractivity contribution < 1.29 is 19.1 Å². The third-order valence-corrected chi connectivity index (χ3v) is 3.53. The average Bonchev–Trinajstić information content (AvgIpc) is 2.93. The fourth-order valence-corrected chi connectivity index (χ4v) is 1.87. The van der Waals surface area contributed by atoms with Gasteiger partial charge in [0.15, 0.2) is 0 Å². The highest BCUT2D eigenvalue weighted by atomic mass is 16.4. The van der Waals surface area contributed by atoms with Crippen LogP contribution in [0, 0.1) is 12.3 Å². The highest BCUT2D eigenvalue weighted by molar-refractivity contribution is 5.94. The summed E-state index contributed by atoms with van der Waals surface area (Å²) in [4.78, 5) is 23.1. The molecule has 1 heterocycles. The topological polar surface area (TPSA) is 105 Å². The summed E-state index contributed by atoms with van der Waals surface area (Å²) in [6.45, 7) is 5.25. The number of carboxylic acids is 1. The molecule has 0 unspecified atom stereocenters. The quantitative estimate of drug-likeness (QED) is 0.846. The Kier molecular flexibility index (Phi) is 4.78. The van der Waals surface area contributed by atoms with Crippen LogP contribution in [0.2, 0.25) is 0 Å². The van der Waals surface area contributed by atoms with Gasteiger partial charge in [-0.15, -0.1) is 10.2 Å². The summed E-state index contributed by atoms with van der Waals surface area (Å²) in [5.74, 6) is -0.258. The third kappa shape index (κ3) is 4.15. The van der Waals surface area contributed by atoms with Gasteiger partial charge in [-0.3, -0.25) is 9.59 Å². The van der Waals surface area contributed by atoms with E-state index in [1.807, 2.05) is 0 Å². The number of aryl methyl sites for hydroxylation is 1. The summed E-state index contributed by atoms with van der Waals surface area (Å²) < 4.78 is 5.32. The van der Waals surface area contributed by atoms with Crippen LogP contribution >= 0.6 is 0 Å². The van der Waals surface area contributed by atoms with E-state index in [0.29, 0.717) is 30.3 Å². The van der Waals surface area contributed by atoms with Crippen LogP contribution in [-0.4, -0.2) is 33.7 Å². The Bertz CT molecular complexity index is 704. The van der Waals surface area contributed by atoms with Crippen LogP contribution in [0.5, 0.6) is 0 Å². The highest BCUT2D eigenvalue weighted by Gasteiger charge is 2.26. The van der Waals surface area contributed by atoms with Crippen LogP contribution in [0.3, 0.4) is 0 Å². The van der Waals surface area contributed by atoms with Crippen molar-refractivity contribution in [1.29, 1.82) is 0 Å². The zero-order chi connectivity index (χ0) is 17.0. The van der Waals surface area contributed by atoms with E-state index in [1.54, 1.807) is 45.0 Å². The van der Waals surface area contributed by atoms with E-state index in [0.717, 1.165) is 5.56 Å². The molecule has 23 heavy (non-hydrogen) atoms. The van der Waals surface area contributed by atoms with Crippen molar-refractivity contribution in [3.05, 3.63) is 35.7 Å². The molecule has 1 aromatic carbocycles. The number of rotatable bonds is 6. The number of amides is 1. The van der Waals surface area contributed by atoms with E-state index < -0.39 is 11.4 Å². The van der Waals surface area contributed by atoms with E-state index >= 15 is 0 Å². The Hall–Kier alpha value is -2.70. The van der Waals surface area contributed by atoms with Gasteiger partial charge in [0.1, 0.15) is 0 Å². The second-order valence-corrected chi connectivity index (χ2v) is 5.90. The van der Waals surface area contributed by atoms with Gasteiger partial charge in [-0.25, -0.2) is 0 Å². The molecule has 122 valence electrons. The minimum atomic E-state index is -0.883. The Balaban J connectivity index is 1.94. The molecule has 0 saturated heterocycles. The third-order valence-electron chi connectivity index (χ3n) is 3.53. The molecule has 2 aromatic rings. The van der Waals surface area contributed by atoms with Crippen molar-refractivity contribution in [2.24, 2.45) is 5.41 Å². The molecule has 0 fully saturated rings. The molecule has 1 aromatic heterocycles. The number of nitrogens with one attached hydrogen (secondary N) is 1. The van der Waals surface area contributed by atoms with Crippen LogP contribution in [0.15, 0.2) is 28.7 Å². The molecular weight excluding hydrogens is 298 g/mol. The average molecular weight is 317 g/mol. The number of carbonyl (C=O) groups is 2. The van der Waals surface area contributed by atoms with Gasteiger partial charge >= 0.3 is 5.97 Å². The smallest absolute Gasteiger partial charge is 0.309 e. The van der Waals surface area contributed by atoms with Gasteiger partial charge in [-0.1, -0.05) is 0 Å². The predicted molar refractivity (Wildman–Crippen MR) is 82.8 cm³/mol. The van der Waals surface area contributed by atoms with Gasteiger partial charge in [0.2, 0.25) is 11.8 Å². The maximum absolute atomic E-state index is 12.0. The lowest BCUT2D eigenvalue weighted by molar-refractivity contribution is -0.147. The first kappa shape index (κ1) is 16.7. The minimum absolute atomic E-state index is 0.251. The van der Waals surface area contributed by atoms with Crippen molar-refractivity contribution in [3.63, 3.8) is 0 Å². The second kappa shape index (κ2) is 6.60. The van der Waals surface area contributed by atoms with Gasteiger partial charge in [0.25, 0.3) is 5.91 Å². The van der Waals surface area contributed by atoms with E-state index in [9.17, 15) is 9.59 Å². The normalized spacial score (nSPS) is 11.3. The van der Waals surface area contributed by atoms with E-state index in [4.69, 9.17) is 9.52 Å². The zero-order valence-corrected chi connectivity index (χ0v) is 13.3. The van der Waals surface area contributed by atoms with Crippen molar-refractivity contribution in [3.8, 4) is 11.5 Å². The molecule has 0 radical (unpaired) electrons. The number of benzene rings is 1. The Labute approximate surface area is 133 Å². The van der Waals surface area contributed by atoms with Crippen LogP contribution in [0.25, 0.3) is 11.5 Å². The number of carboxylic acid groups (broad SMARTS) is 1. The first-order valence-corrected chi connectivity index (χ1v) is 7.22. The standard InChI is InChI=1S/C16H19N3O4/c1-10-18-19-14(23-10)12-6-4-11(5-7-12)13(20)17-9-8-16(2,3)15(21)22/h4-7H,8-9H2,1-3H3,(H,17,20)(H,21,22). The van der Waals surface area contributed by atoms with Crippen molar-refractivity contribution in [2.75, 3.05) is 6.54 Å². The molecule has 0 aliphatic heterocycles. The molecule has 0 saturated carbocycles. The lowest BCUT2D eigenvalue weighted by Gasteiger charge is -2.18. The van der Waals surface area contributed by atoms with Crippen LogP contribution in [0.1, 0.15) is 36.5 Å². The molecule has 0 aliphatic rings. The lowest BCUT2D eigenvalue weighted by Crippen LogP contribution is -2.31. The maximum Gasteiger partial charge on any atom is 0.309 e. The second-order valence-electron chi connectivity index (χ2n) is 5.90. The van der Waals surface area contributed by atoms with Gasteiger partial charge in [0.05, 0.1) is 5.41 Å². The Morgan fingerprint density at radius 2 is 1.87 bits per heavy atom. The van der Waals surface area contributed by atoms with E-state index in [-0.39, 0.29) is 5.91 Å². The van der Waals surface area contributed by atoms with Crippen LogP contribution in [-0.2, 0) is 4.79 Å². The number of aliphatic carboxylic acids is 1. The SMILES string of the molecule is Cc1nnc(-c2ccc(C(=O)NCCC(C)(C)C(=O)O)cc2)o1. The number of carbonyl (C=O) groups excluding carboxylic acids is 1. The van der Waals surface area contributed by atoms with Gasteiger partial charge < -0.3 is 14.8 Å². The van der Waals surface area contributed by atoms with E-state index in [2.05, 4.69) is 15.5 Å². The van der Waals surface area contributed by atoms with Crippen molar-refractivity contribution in [1.82, 2.24) is 15.5 Å². The van der Waals surface area contributed by atoms with Gasteiger partial charge in [-0.05, 0) is 44.5 Å². The number of hydrogen-bond donors (Lipinski definition) is 2. The predicted octanol–water partition coefficient (Wildman–Crippen LogP) is 2.28. The van der Waals surface area contributed by atoms with Gasteiger partial charge in [-0.2, -0.15) is 0 Å². The summed E-state index contributed by atoms with van der Waals surface area (Å²) in [5, 5.41) is 19.4. The van der Waals surface area contributed by atoms with Crippen molar-refractivity contribution >= 4 is 11.9 Å². The molecule has 0 atom stereocenters. The summed E-state index contributed by atoms with van der Waals surface area (Å²) in [6.07, 6.45) is 0.355. The summed E-state index contributed by atoms with van der Waals surface area (Å²) in [6, 6.07) is 6.77. The molecule has 2 rings (SSSR count). The summed E-state index contributed by atoms with van der Waals surface area (Å²) in [7, 11) is 0.